The van der Waals surface area contributed by atoms with E-state index < -0.39 is 17.7 Å². The van der Waals surface area contributed by atoms with Crippen molar-refractivity contribution in [2.24, 2.45) is 0 Å². The molecule has 1 fully saturated rings. The van der Waals surface area contributed by atoms with Crippen molar-refractivity contribution in [2.45, 2.75) is 32.7 Å². The number of rotatable bonds is 7. The Hall–Kier alpha value is -3.58. The van der Waals surface area contributed by atoms with Crippen LogP contribution in [0.2, 0.25) is 5.02 Å². The van der Waals surface area contributed by atoms with Crippen LogP contribution in [-0.2, 0) is 9.59 Å². The van der Waals surface area contributed by atoms with Crippen molar-refractivity contribution in [2.75, 3.05) is 11.5 Å². The fourth-order valence-electron chi connectivity index (χ4n) is 3.69. The number of ether oxygens (including phenoxy) is 1. The van der Waals surface area contributed by atoms with E-state index in [9.17, 15) is 14.7 Å². The summed E-state index contributed by atoms with van der Waals surface area (Å²) >= 11 is 5.96. The van der Waals surface area contributed by atoms with Gasteiger partial charge in [0.25, 0.3) is 5.78 Å². The third-order valence-electron chi connectivity index (χ3n) is 5.39. The Morgan fingerprint density at radius 1 is 1.15 bits per heavy atom. The van der Waals surface area contributed by atoms with E-state index in [-0.39, 0.29) is 17.2 Å². The normalized spacial score (nSPS) is 17.5. The van der Waals surface area contributed by atoms with Crippen LogP contribution in [0.25, 0.3) is 5.76 Å². The highest BCUT2D eigenvalue weighted by Crippen LogP contribution is 2.42. The number of ketones is 1. The summed E-state index contributed by atoms with van der Waals surface area (Å²) in [7, 11) is 0. The maximum atomic E-state index is 13.1. The fourth-order valence-corrected chi connectivity index (χ4v) is 3.82. The molecular formula is C25H23ClN2O5. The molecule has 3 aromatic rings. The van der Waals surface area contributed by atoms with E-state index in [4.69, 9.17) is 20.9 Å². The van der Waals surface area contributed by atoms with E-state index in [1.54, 1.807) is 61.5 Å². The van der Waals surface area contributed by atoms with Crippen molar-refractivity contribution in [3.63, 3.8) is 0 Å². The van der Waals surface area contributed by atoms with E-state index >= 15 is 0 Å². The molecule has 33 heavy (non-hydrogen) atoms. The third kappa shape index (κ3) is 4.50. The first-order valence-electron chi connectivity index (χ1n) is 10.6. The fraction of sp³-hybridized carbons (Fsp3) is 0.240. The molecule has 1 N–H and O–H groups in total. The lowest BCUT2D eigenvalue weighted by molar-refractivity contribution is -0.132. The van der Waals surface area contributed by atoms with Crippen LogP contribution >= 0.6 is 11.6 Å². The summed E-state index contributed by atoms with van der Waals surface area (Å²) in [4.78, 5) is 27.4. The summed E-state index contributed by atoms with van der Waals surface area (Å²) in [6.07, 6.45) is 1.96. The molecule has 2 heterocycles. The van der Waals surface area contributed by atoms with Crippen molar-refractivity contribution >= 4 is 34.9 Å². The SMILES string of the molecule is CCCCOc1ccc(C2C(=C(O)c3ccc(Cl)cc3)C(=O)C(=O)N2c2cc(C)on2)cc1. The Bertz CT molecular complexity index is 1200. The van der Waals surface area contributed by atoms with Gasteiger partial charge in [-0.15, -0.1) is 0 Å². The number of anilines is 1. The Labute approximate surface area is 196 Å². The zero-order valence-electron chi connectivity index (χ0n) is 18.2. The van der Waals surface area contributed by atoms with Crippen molar-refractivity contribution in [3.05, 3.63) is 82.1 Å². The van der Waals surface area contributed by atoms with Gasteiger partial charge in [-0.05, 0) is 55.3 Å². The smallest absolute Gasteiger partial charge is 0.301 e. The molecule has 0 aliphatic carbocycles. The van der Waals surface area contributed by atoms with Crippen LogP contribution in [0, 0.1) is 6.92 Å². The lowest BCUT2D eigenvalue weighted by Gasteiger charge is -2.23. The van der Waals surface area contributed by atoms with Gasteiger partial charge in [-0.2, -0.15) is 0 Å². The van der Waals surface area contributed by atoms with Gasteiger partial charge in [0, 0.05) is 16.7 Å². The number of aliphatic hydroxyl groups excluding tert-OH is 1. The van der Waals surface area contributed by atoms with Crippen LogP contribution in [0.15, 0.2) is 64.7 Å². The van der Waals surface area contributed by atoms with Crippen molar-refractivity contribution in [1.82, 2.24) is 5.16 Å². The van der Waals surface area contributed by atoms with Crippen LogP contribution in [0.3, 0.4) is 0 Å². The van der Waals surface area contributed by atoms with Gasteiger partial charge in [-0.1, -0.05) is 42.2 Å². The van der Waals surface area contributed by atoms with Gasteiger partial charge in [0.05, 0.1) is 18.2 Å². The standard InChI is InChI=1S/C25H23ClN2O5/c1-3-4-13-32-19-11-7-16(8-12-19)22-21(23(29)17-5-9-18(26)10-6-17)24(30)25(31)28(22)20-14-15(2)33-27-20/h5-12,14,22,29H,3-4,13H2,1-2H3. The predicted octanol–water partition coefficient (Wildman–Crippen LogP) is 5.44. The average Bonchev–Trinajstić information content (AvgIpc) is 3.35. The number of aryl methyl sites for hydroxylation is 1. The monoisotopic (exact) mass is 466 g/mol. The number of amides is 1. The van der Waals surface area contributed by atoms with Crippen LogP contribution < -0.4 is 9.64 Å². The number of hydrogen-bond acceptors (Lipinski definition) is 6. The number of carbonyl (C=O) groups excluding carboxylic acids is 2. The zero-order chi connectivity index (χ0) is 23.5. The summed E-state index contributed by atoms with van der Waals surface area (Å²) in [6.45, 7) is 4.38. The number of halogens is 1. The molecule has 1 saturated heterocycles. The molecular weight excluding hydrogens is 444 g/mol. The molecule has 170 valence electrons. The number of aliphatic hydroxyl groups is 1. The highest BCUT2D eigenvalue weighted by molar-refractivity contribution is 6.51. The first kappa shape index (κ1) is 22.6. The largest absolute Gasteiger partial charge is 0.507 e. The molecule has 8 heteroatoms. The second kappa shape index (κ2) is 9.50. The number of benzene rings is 2. The molecule has 0 spiro atoms. The van der Waals surface area contributed by atoms with Crippen LogP contribution in [0.5, 0.6) is 5.75 Å². The molecule has 1 atom stereocenters. The van der Waals surface area contributed by atoms with Gasteiger partial charge in [0.2, 0.25) is 0 Å². The number of carbonyl (C=O) groups is 2. The first-order chi connectivity index (χ1) is 15.9. The topological polar surface area (TPSA) is 92.9 Å². The predicted molar refractivity (Wildman–Crippen MR) is 124 cm³/mol. The maximum absolute atomic E-state index is 13.1. The first-order valence-corrected chi connectivity index (χ1v) is 11.0. The Kier molecular flexibility index (Phi) is 6.51. The molecule has 1 aliphatic heterocycles. The number of Topliss-reactive ketones (excluding diaryl/α,β-unsaturated/α-hetero) is 1. The highest BCUT2D eigenvalue weighted by Gasteiger charge is 2.48. The van der Waals surface area contributed by atoms with Crippen molar-refractivity contribution in [3.8, 4) is 5.75 Å². The van der Waals surface area contributed by atoms with Crippen LogP contribution in [0.1, 0.15) is 42.7 Å². The van der Waals surface area contributed by atoms with Gasteiger partial charge in [0.15, 0.2) is 5.82 Å². The minimum atomic E-state index is -0.894. The number of unbranched alkanes of at least 4 members (excludes halogenated alkanes) is 1. The van der Waals surface area contributed by atoms with Gasteiger partial charge < -0.3 is 14.4 Å². The van der Waals surface area contributed by atoms with E-state index in [1.807, 2.05) is 0 Å². The lowest BCUT2D eigenvalue weighted by Crippen LogP contribution is -2.29. The van der Waals surface area contributed by atoms with Gasteiger partial charge in [0.1, 0.15) is 17.3 Å². The summed E-state index contributed by atoms with van der Waals surface area (Å²) in [5.74, 6) is -0.537. The minimum absolute atomic E-state index is 0.0392. The molecule has 1 aliphatic rings. The maximum Gasteiger partial charge on any atom is 0.301 e. The van der Waals surface area contributed by atoms with E-state index in [1.165, 1.54) is 4.90 Å². The third-order valence-corrected chi connectivity index (χ3v) is 5.64. The molecule has 0 radical (unpaired) electrons. The molecule has 1 amide bonds. The Morgan fingerprint density at radius 2 is 1.85 bits per heavy atom. The summed E-state index contributed by atoms with van der Waals surface area (Å²) in [5.41, 5.74) is 0.953. The summed E-state index contributed by atoms with van der Waals surface area (Å²) in [5, 5.41) is 15.5. The molecule has 7 nitrogen and oxygen atoms in total. The number of aromatic nitrogens is 1. The summed E-state index contributed by atoms with van der Waals surface area (Å²) < 4.78 is 10.9. The van der Waals surface area contributed by atoms with Gasteiger partial charge >= 0.3 is 5.91 Å². The lowest BCUT2D eigenvalue weighted by atomic mass is 9.95. The Balaban J connectivity index is 1.81. The van der Waals surface area contributed by atoms with Crippen LogP contribution in [-0.4, -0.2) is 28.6 Å². The van der Waals surface area contributed by atoms with E-state index in [2.05, 4.69) is 12.1 Å². The molecule has 1 aromatic heterocycles. The van der Waals surface area contributed by atoms with Gasteiger partial charge in [-0.3, -0.25) is 14.5 Å². The van der Waals surface area contributed by atoms with E-state index in [0.717, 1.165) is 12.8 Å². The highest BCUT2D eigenvalue weighted by atomic mass is 35.5. The molecule has 1 unspecified atom stereocenters. The quantitative estimate of drug-likeness (QED) is 0.215. The summed E-state index contributed by atoms with van der Waals surface area (Å²) in [6, 6.07) is 14.2. The average molecular weight is 467 g/mol. The minimum Gasteiger partial charge on any atom is -0.507 e. The molecule has 4 rings (SSSR count). The van der Waals surface area contributed by atoms with Crippen molar-refractivity contribution in [1.29, 1.82) is 0 Å². The van der Waals surface area contributed by atoms with Gasteiger partial charge in [-0.25, -0.2) is 0 Å². The van der Waals surface area contributed by atoms with Crippen LogP contribution in [0.4, 0.5) is 5.82 Å². The molecule has 0 bridgehead atoms. The second-order valence-corrected chi connectivity index (χ2v) is 8.18. The Morgan fingerprint density at radius 3 is 2.45 bits per heavy atom. The molecule has 2 aromatic carbocycles. The number of nitrogens with zero attached hydrogens (tertiary/aromatic N) is 2. The second-order valence-electron chi connectivity index (χ2n) is 7.74. The zero-order valence-corrected chi connectivity index (χ0v) is 19.0. The number of hydrogen-bond donors (Lipinski definition) is 1. The molecule has 0 saturated carbocycles. The van der Waals surface area contributed by atoms with E-state index in [0.29, 0.717) is 34.3 Å². The van der Waals surface area contributed by atoms with Crippen molar-refractivity contribution < 1.29 is 24.0 Å².